The van der Waals surface area contributed by atoms with Crippen LogP contribution in [0.25, 0.3) is 6.08 Å². The Labute approximate surface area is 173 Å². The number of nitriles is 1. The van der Waals surface area contributed by atoms with Crippen LogP contribution in [-0.2, 0) is 17.6 Å². The summed E-state index contributed by atoms with van der Waals surface area (Å²) in [5.41, 5.74) is 1.99. The van der Waals surface area contributed by atoms with Crippen LogP contribution in [0.15, 0.2) is 24.3 Å². The summed E-state index contributed by atoms with van der Waals surface area (Å²) in [6.45, 7) is 6.72. The lowest BCUT2D eigenvalue weighted by Gasteiger charge is -2.33. The molecule has 146 valence electrons. The maximum absolute atomic E-state index is 13.8. The second-order valence-corrected chi connectivity index (χ2v) is 9.60. The number of nitrogens with one attached hydrogen (secondary N) is 1. The third-order valence-electron chi connectivity index (χ3n) is 5.24. The number of thiophene rings is 1. The Balaban J connectivity index is 1.80. The number of carbonyl (C=O) groups is 1. The van der Waals surface area contributed by atoms with Gasteiger partial charge in [-0.25, -0.2) is 4.39 Å². The molecule has 2 aromatic rings. The van der Waals surface area contributed by atoms with Crippen LogP contribution in [0.1, 0.15) is 48.8 Å². The minimum absolute atomic E-state index is 0.165. The van der Waals surface area contributed by atoms with Crippen molar-refractivity contribution in [2.24, 2.45) is 11.3 Å². The van der Waals surface area contributed by atoms with Gasteiger partial charge >= 0.3 is 0 Å². The van der Waals surface area contributed by atoms with E-state index in [2.05, 4.69) is 32.2 Å². The van der Waals surface area contributed by atoms with Gasteiger partial charge in [-0.1, -0.05) is 38.4 Å². The van der Waals surface area contributed by atoms with Crippen molar-refractivity contribution >= 4 is 39.9 Å². The van der Waals surface area contributed by atoms with Gasteiger partial charge in [0.2, 0.25) is 5.91 Å². The molecule has 1 aromatic carbocycles. The molecule has 1 aliphatic rings. The predicted molar refractivity (Wildman–Crippen MR) is 113 cm³/mol. The van der Waals surface area contributed by atoms with Crippen LogP contribution < -0.4 is 5.32 Å². The number of fused-ring (bicyclic) bond motifs is 1. The zero-order valence-electron chi connectivity index (χ0n) is 16.1. The smallest absolute Gasteiger partial charge is 0.249 e. The van der Waals surface area contributed by atoms with Gasteiger partial charge in [-0.2, -0.15) is 5.26 Å². The van der Waals surface area contributed by atoms with Crippen molar-refractivity contribution in [3.8, 4) is 6.07 Å². The molecule has 1 atom stereocenters. The van der Waals surface area contributed by atoms with Crippen LogP contribution in [0, 0.1) is 28.5 Å². The number of hydrogen-bond acceptors (Lipinski definition) is 3. The zero-order valence-corrected chi connectivity index (χ0v) is 17.7. The normalized spacial score (nSPS) is 16.6. The second-order valence-electron chi connectivity index (χ2n) is 8.08. The Morgan fingerprint density at radius 2 is 2.18 bits per heavy atom. The molecule has 0 saturated carbocycles. The Morgan fingerprint density at radius 1 is 1.43 bits per heavy atom. The van der Waals surface area contributed by atoms with Gasteiger partial charge in [0.05, 0.1) is 10.6 Å². The summed E-state index contributed by atoms with van der Waals surface area (Å²) in [5.74, 6) is -0.354. The number of nitrogens with zero attached hydrogens (tertiary/aromatic N) is 1. The Kier molecular flexibility index (Phi) is 5.92. The van der Waals surface area contributed by atoms with Gasteiger partial charge in [-0.15, -0.1) is 11.3 Å². The topological polar surface area (TPSA) is 52.9 Å². The summed E-state index contributed by atoms with van der Waals surface area (Å²) < 4.78 is 13.8. The van der Waals surface area contributed by atoms with Gasteiger partial charge in [-0.3, -0.25) is 4.79 Å². The van der Waals surface area contributed by atoms with E-state index in [-0.39, 0.29) is 16.0 Å². The van der Waals surface area contributed by atoms with Gasteiger partial charge in [0.25, 0.3) is 0 Å². The van der Waals surface area contributed by atoms with Crippen molar-refractivity contribution in [3.05, 3.63) is 56.7 Å². The Hall–Kier alpha value is -2.16. The zero-order chi connectivity index (χ0) is 20.5. The monoisotopic (exact) mass is 416 g/mol. The average molecular weight is 417 g/mol. The lowest BCUT2D eigenvalue weighted by Crippen LogP contribution is -2.26. The minimum Gasteiger partial charge on any atom is -0.313 e. The number of amides is 1. The van der Waals surface area contributed by atoms with Gasteiger partial charge in [0.1, 0.15) is 16.9 Å². The van der Waals surface area contributed by atoms with E-state index in [1.807, 2.05) is 0 Å². The first kappa shape index (κ1) is 20.6. The van der Waals surface area contributed by atoms with E-state index in [0.717, 1.165) is 24.8 Å². The number of rotatable bonds is 3. The molecule has 1 heterocycles. The average Bonchev–Trinajstić information content (AvgIpc) is 2.96. The largest absolute Gasteiger partial charge is 0.313 e. The van der Waals surface area contributed by atoms with E-state index in [0.29, 0.717) is 16.5 Å². The molecule has 1 unspecified atom stereocenters. The van der Waals surface area contributed by atoms with Crippen LogP contribution in [-0.4, -0.2) is 5.91 Å². The maximum atomic E-state index is 13.8. The highest BCUT2D eigenvalue weighted by Crippen LogP contribution is 2.44. The van der Waals surface area contributed by atoms with Crippen molar-refractivity contribution in [1.82, 2.24) is 0 Å². The molecule has 1 N–H and O–H groups in total. The van der Waals surface area contributed by atoms with Gasteiger partial charge in [-0.05, 0) is 54.4 Å². The molecule has 0 spiro atoms. The van der Waals surface area contributed by atoms with Crippen LogP contribution in [0.2, 0.25) is 5.02 Å². The molecule has 1 amide bonds. The standard InChI is InChI=1S/C22H22ClFN2OS/c1-22(2,3)13-7-8-14-16(12-25)21(28-19(14)11-13)26-20(27)10-9-15-17(23)5-4-6-18(15)24/h4-6,9-10,13H,7-8,11H2,1-3H3,(H,26,27). The molecule has 0 radical (unpaired) electrons. The molecule has 28 heavy (non-hydrogen) atoms. The van der Waals surface area contributed by atoms with E-state index in [9.17, 15) is 14.4 Å². The Bertz CT molecular complexity index is 961. The van der Waals surface area contributed by atoms with E-state index in [1.165, 1.54) is 40.5 Å². The first-order chi connectivity index (χ1) is 13.2. The highest BCUT2D eigenvalue weighted by Gasteiger charge is 2.32. The van der Waals surface area contributed by atoms with Crippen LogP contribution in [0.3, 0.4) is 0 Å². The van der Waals surface area contributed by atoms with Crippen LogP contribution >= 0.6 is 22.9 Å². The highest BCUT2D eigenvalue weighted by atomic mass is 35.5. The molecule has 0 bridgehead atoms. The first-order valence-electron chi connectivity index (χ1n) is 9.18. The summed E-state index contributed by atoms with van der Waals surface area (Å²) in [7, 11) is 0. The van der Waals surface area contributed by atoms with Crippen molar-refractivity contribution in [3.63, 3.8) is 0 Å². The summed E-state index contributed by atoms with van der Waals surface area (Å²) in [6, 6.07) is 6.61. The highest BCUT2D eigenvalue weighted by molar-refractivity contribution is 7.16. The fraction of sp³-hybridized carbons (Fsp3) is 0.364. The number of benzene rings is 1. The van der Waals surface area contributed by atoms with Crippen molar-refractivity contribution in [1.29, 1.82) is 5.26 Å². The molecule has 3 nitrogen and oxygen atoms in total. The molecule has 0 fully saturated rings. The van der Waals surface area contributed by atoms with Crippen molar-refractivity contribution in [2.45, 2.75) is 40.0 Å². The molecule has 3 rings (SSSR count). The fourth-order valence-corrected chi connectivity index (χ4v) is 5.02. The van der Waals surface area contributed by atoms with Crippen molar-refractivity contribution in [2.75, 3.05) is 5.32 Å². The molecular weight excluding hydrogens is 395 g/mol. The number of anilines is 1. The summed E-state index contributed by atoms with van der Waals surface area (Å²) in [6.07, 6.45) is 5.41. The van der Waals surface area contributed by atoms with Crippen LogP contribution in [0.5, 0.6) is 0 Å². The molecule has 0 saturated heterocycles. The molecule has 1 aliphatic carbocycles. The first-order valence-corrected chi connectivity index (χ1v) is 10.4. The summed E-state index contributed by atoms with van der Waals surface area (Å²) in [4.78, 5) is 13.5. The molecule has 1 aromatic heterocycles. The van der Waals surface area contributed by atoms with E-state index >= 15 is 0 Å². The Morgan fingerprint density at radius 3 is 2.82 bits per heavy atom. The number of halogens is 2. The maximum Gasteiger partial charge on any atom is 0.249 e. The minimum atomic E-state index is -0.492. The van der Waals surface area contributed by atoms with E-state index < -0.39 is 11.7 Å². The second kappa shape index (κ2) is 8.06. The number of carbonyl (C=O) groups excluding carboxylic acids is 1. The lowest BCUT2D eigenvalue weighted by atomic mass is 9.72. The van der Waals surface area contributed by atoms with Crippen molar-refractivity contribution < 1.29 is 9.18 Å². The van der Waals surface area contributed by atoms with Crippen LogP contribution in [0.4, 0.5) is 9.39 Å². The van der Waals surface area contributed by atoms with E-state index in [4.69, 9.17) is 11.6 Å². The third-order valence-corrected chi connectivity index (χ3v) is 6.74. The predicted octanol–water partition coefficient (Wildman–Crippen LogP) is 6.22. The molecule has 0 aliphatic heterocycles. The van der Waals surface area contributed by atoms with Gasteiger partial charge in [0, 0.05) is 16.5 Å². The quantitative estimate of drug-likeness (QED) is 0.604. The van der Waals surface area contributed by atoms with Gasteiger partial charge < -0.3 is 5.32 Å². The molecule has 6 heteroatoms. The SMILES string of the molecule is CC(C)(C)C1CCc2c(sc(NC(=O)C=Cc3c(F)cccc3Cl)c2C#N)C1. The summed E-state index contributed by atoms with van der Waals surface area (Å²) >= 11 is 7.45. The third kappa shape index (κ3) is 4.29. The van der Waals surface area contributed by atoms with Gasteiger partial charge in [0.15, 0.2) is 0 Å². The number of hydrogen-bond donors (Lipinski definition) is 1. The fourth-order valence-electron chi connectivity index (χ4n) is 3.51. The summed E-state index contributed by atoms with van der Waals surface area (Å²) in [5, 5.41) is 13.2. The lowest BCUT2D eigenvalue weighted by molar-refractivity contribution is -0.111. The van der Waals surface area contributed by atoms with E-state index in [1.54, 1.807) is 6.07 Å². The molecular formula is C22H22ClFN2OS.